The quantitative estimate of drug-likeness (QED) is 0.0264. The topological polar surface area (TPSA) is 458 Å². The second-order valence-corrected chi connectivity index (χ2v) is 23.8. The van der Waals surface area contributed by atoms with E-state index in [-0.39, 0.29) is 224 Å². The number of nitrogens with zero attached hydrogens (tertiary/aromatic N) is 8. The van der Waals surface area contributed by atoms with Crippen molar-refractivity contribution in [3.8, 4) is 0 Å². The van der Waals surface area contributed by atoms with Crippen LogP contribution in [0.4, 0.5) is 58.4 Å². The van der Waals surface area contributed by atoms with Crippen LogP contribution < -0.4 is 31.1 Å². The summed E-state index contributed by atoms with van der Waals surface area (Å²) < 4.78 is 207. The summed E-state index contributed by atoms with van der Waals surface area (Å²) in [7, 11) is -30.0. The smallest absolute Gasteiger partial charge is 0.296 e. The second kappa shape index (κ2) is 32.9. The summed E-state index contributed by atoms with van der Waals surface area (Å²) in [5, 5.41) is 10.4. The molecule has 4 aromatic carbocycles. The minimum atomic E-state index is -5.10. The Bertz CT molecular complexity index is 3750. The van der Waals surface area contributed by atoms with Gasteiger partial charge in [-0.2, -0.15) is 80.4 Å². The van der Waals surface area contributed by atoms with Gasteiger partial charge in [-0.15, -0.1) is 0 Å². The Morgan fingerprint density at radius 2 is 0.646 bits per heavy atom. The van der Waals surface area contributed by atoms with Crippen LogP contribution in [0.25, 0.3) is 12.2 Å². The fourth-order valence-corrected chi connectivity index (χ4v) is 10.5. The van der Waals surface area contributed by atoms with Gasteiger partial charge in [-0.25, -0.2) is 0 Å². The molecule has 6 aromatic rings. The maximum atomic E-state index is 12.8. The van der Waals surface area contributed by atoms with Crippen molar-refractivity contribution < 1.29 is 77.8 Å². The summed E-state index contributed by atoms with van der Waals surface area (Å²) in [5.74, 6) is -1.65. The first-order chi connectivity index (χ1) is 35.2. The third kappa shape index (κ3) is 21.9. The van der Waals surface area contributed by atoms with Crippen molar-refractivity contribution in [2.24, 2.45) is 0 Å². The number of anilines is 10. The Kier molecular flexibility index (Phi) is 32.5. The third-order valence-corrected chi connectivity index (χ3v) is 15.8. The van der Waals surface area contributed by atoms with E-state index in [2.05, 4.69) is 51.2 Å². The number of hydrogen-bond acceptors (Lipinski definition) is 24. The SMILES string of the molecule is CCN(CC)c1nc(Nc2ccc(/C=C/c3ccc(Nc4nc(Nc5cc(S(=O)(=O)O)ccc5S(=O)(=O)O)nc(N(CC)CC)n4)cc3S(=O)(=O)O)c(S(=O)(=O)O)c2)nc(Nc2cc(S(=O)(=O)O)ccc2S(=O)(=O)O)n1.[Na].[Na].[Na].[Na].[Na].[Na]. The predicted octanol–water partition coefficient (Wildman–Crippen LogP) is 2.09. The molecule has 6 radical (unpaired) electrons. The van der Waals surface area contributed by atoms with Gasteiger partial charge in [0, 0.05) is 215 Å². The molecule has 414 valence electrons. The zero-order chi connectivity index (χ0) is 56.3. The number of benzene rings is 4. The van der Waals surface area contributed by atoms with E-state index < -0.39 is 113 Å². The van der Waals surface area contributed by atoms with E-state index in [0.717, 1.165) is 36.4 Å². The summed E-state index contributed by atoms with van der Waals surface area (Å²) in [6.45, 7) is 8.18. The molecule has 30 nitrogen and oxygen atoms in total. The van der Waals surface area contributed by atoms with Gasteiger partial charge in [0.05, 0.1) is 21.2 Å². The van der Waals surface area contributed by atoms with Gasteiger partial charge in [-0.3, -0.25) is 27.3 Å². The first-order valence-electron chi connectivity index (χ1n) is 21.4. The molecule has 0 aliphatic heterocycles. The third-order valence-electron chi connectivity index (χ3n) is 10.4. The van der Waals surface area contributed by atoms with Gasteiger partial charge in [0.15, 0.2) is 0 Å². The molecule has 0 saturated carbocycles. The first-order valence-corrected chi connectivity index (χ1v) is 30.0. The molecule has 2 heterocycles. The molecule has 0 bridgehead atoms. The van der Waals surface area contributed by atoms with Crippen LogP contribution in [0.15, 0.2) is 102 Å². The maximum Gasteiger partial charge on any atom is 0.296 e. The molecule has 6 rings (SSSR count). The van der Waals surface area contributed by atoms with E-state index >= 15 is 0 Å². The molecule has 0 saturated heterocycles. The maximum absolute atomic E-state index is 12.8. The van der Waals surface area contributed by atoms with Crippen molar-refractivity contribution in [3.05, 3.63) is 83.9 Å². The molecule has 0 atom stereocenters. The van der Waals surface area contributed by atoms with Crippen LogP contribution in [0, 0.1) is 0 Å². The average Bonchev–Trinajstić information content (AvgIpc) is 3.30. The Morgan fingerprint density at radius 1 is 0.366 bits per heavy atom. The fraction of sp³-hybridized carbons (Fsp3) is 0.200. The molecule has 0 aliphatic carbocycles. The summed E-state index contributed by atoms with van der Waals surface area (Å²) in [4.78, 5) is 24.0. The van der Waals surface area contributed by atoms with E-state index in [1.54, 1.807) is 37.5 Å². The Morgan fingerprint density at radius 3 is 0.902 bits per heavy atom. The van der Waals surface area contributed by atoms with Gasteiger partial charge in [0.1, 0.15) is 19.6 Å². The predicted molar refractivity (Wildman–Crippen MR) is 308 cm³/mol. The van der Waals surface area contributed by atoms with E-state index in [4.69, 9.17) is 0 Å². The molecule has 0 fully saturated rings. The van der Waals surface area contributed by atoms with Crippen LogP contribution in [-0.4, -0.2) is 311 Å². The second-order valence-electron chi connectivity index (χ2n) is 15.4. The van der Waals surface area contributed by atoms with E-state index in [1.807, 2.05) is 0 Å². The summed E-state index contributed by atoms with van der Waals surface area (Å²) in [5.41, 5.74) is -1.84. The van der Waals surface area contributed by atoms with Gasteiger partial charge in [0.2, 0.25) is 35.7 Å². The van der Waals surface area contributed by atoms with E-state index in [9.17, 15) is 77.8 Å². The van der Waals surface area contributed by atoms with Crippen molar-refractivity contribution in [1.82, 2.24) is 29.9 Å². The van der Waals surface area contributed by atoms with Gasteiger partial charge in [-0.1, -0.05) is 24.3 Å². The van der Waals surface area contributed by atoms with Crippen LogP contribution in [0.1, 0.15) is 38.8 Å². The van der Waals surface area contributed by atoms with Crippen molar-refractivity contribution in [2.75, 3.05) is 57.2 Å². The van der Waals surface area contributed by atoms with Gasteiger partial charge >= 0.3 is 0 Å². The van der Waals surface area contributed by atoms with Gasteiger partial charge in [0.25, 0.3) is 60.7 Å². The minimum absolute atomic E-state index is 0. The molecule has 10 N–H and O–H groups in total. The average molecular weight is 1310 g/mol. The van der Waals surface area contributed by atoms with Crippen molar-refractivity contribution in [3.63, 3.8) is 0 Å². The molecule has 2 aromatic heterocycles. The molecular weight excluding hydrogens is 1270 g/mol. The Balaban J connectivity index is 0.0000109. The molecule has 0 aliphatic rings. The van der Waals surface area contributed by atoms with Crippen molar-refractivity contribution in [1.29, 1.82) is 0 Å². The monoisotopic (exact) mass is 1310 g/mol. The van der Waals surface area contributed by atoms with E-state index in [1.165, 1.54) is 24.3 Å². The number of rotatable bonds is 22. The van der Waals surface area contributed by atoms with Crippen molar-refractivity contribution in [2.45, 2.75) is 57.1 Å². The van der Waals surface area contributed by atoms with Crippen LogP contribution in [0.5, 0.6) is 0 Å². The summed E-state index contributed by atoms with van der Waals surface area (Å²) >= 11 is 0. The van der Waals surface area contributed by atoms with Crippen LogP contribution >= 0.6 is 0 Å². The van der Waals surface area contributed by atoms with Crippen LogP contribution in [-0.2, 0) is 60.7 Å². The zero-order valence-corrected chi connectivity index (χ0v) is 62.4. The minimum Gasteiger partial charge on any atom is -0.341 e. The fourth-order valence-electron chi connectivity index (χ4n) is 6.86. The normalized spacial score (nSPS) is 11.7. The molecular formula is C40H44N12Na6O18S6. The number of hydrogen-bond donors (Lipinski definition) is 10. The van der Waals surface area contributed by atoms with E-state index in [0.29, 0.717) is 50.4 Å². The standard InChI is InChI=1S/C40H44N12O18S6.6Na/c1-5-51(6-2)39-47-35(45-37(49-39)43-29-21-27(71(53,54)55)15-17-31(29)73(59,60)61)41-25-13-11-23(33(19-25)75(65,66)67)9-10-24-12-14-26(20-34(24)76(68,69)70)42-36-46-38(50-40(48-36)52(7-3)8-4)44-30-22-28(72(56,57)58)16-18-32(30)74(62,63)64;;;;;;/h9-22H,5-8H2,1-4H3,(H,53,54,55)(H,56,57,58)(H,59,60,61)(H,62,63,64)(H,65,66,67)(H,68,69,70)(H2,41,43,45,47,49)(H2,42,44,46,48,50);;;;;;/b10-9+;;;;;;. The first kappa shape index (κ1) is 80.9. The molecule has 82 heavy (non-hydrogen) atoms. The number of nitrogens with one attached hydrogen (secondary N) is 4. The van der Waals surface area contributed by atoms with Crippen LogP contribution in [0.3, 0.4) is 0 Å². The summed E-state index contributed by atoms with van der Waals surface area (Å²) in [6.07, 6.45) is 2.16. The number of aromatic nitrogens is 6. The molecule has 42 heteroatoms. The summed E-state index contributed by atoms with van der Waals surface area (Å²) in [6, 6.07) is 11.0. The molecule has 0 unspecified atom stereocenters. The molecule has 0 amide bonds. The molecule has 0 spiro atoms. The van der Waals surface area contributed by atoms with Crippen molar-refractivity contribution >= 4 is 309 Å². The Hall–Kier alpha value is -1.10. The zero-order valence-electron chi connectivity index (χ0n) is 45.5. The Labute approximate surface area is 605 Å². The van der Waals surface area contributed by atoms with Gasteiger partial charge < -0.3 is 31.1 Å². The van der Waals surface area contributed by atoms with Gasteiger partial charge in [-0.05, 0) is 99.5 Å². The van der Waals surface area contributed by atoms with Crippen LogP contribution in [0.2, 0.25) is 0 Å². The largest absolute Gasteiger partial charge is 0.341 e.